The van der Waals surface area contributed by atoms with Gasteiger partial charge in [-0.2, -0.15) is 4.98 Å². The molecule has 15 heavy (non-hydrogen) atoms. The maximum atomic E-state index is 5.24. The molecule has 1 aliphatic rings. The Morgan fingerprint density at radius 2 is 2.33 bits per heavy atom. The van der Waals surface area contributed by atoms with Crippen LogP contribution in [0.15, 0.2) is 12.3 Å². The average molecular weight is 207 g/mol. The van der Waals surface area contributed by atoms with Gasteiger partial charge in [-0.15, -0.1) is 0 Å². The maximum Gasteiger partial charge on any atom is 0.239 e. The van der Waals surface area contributed by atoms with E-state index in [1.165, 1.54) is 19.3 Å². The van der Waals surface area contributed by atoms with E-state index in [1.807, 2.05) is 6.07 Å². The summed E-state index contributed by atoms with van der Waals surface area (Å²) in [5, 5.41) is 3.33. The lowest BCUT2D eigenvalue weighted by Gasteiger charge is -2.13. The van der Waals surface area contributed by atoms with Gasteiger partial charge in [0.1, 0.15) is 5.82 Å². The van der Waals surface area contributed by atoms with Crippen molar-refractivity contribution in [3.05, 3.63) is 12.3 Å². The van der Waals surface area contributed by atoms with Crippen LogP contribution in [0.5, 0.6) is 0 Å². The highest BCUT2D eigenvalue weighted by Gasteiger charge is 2.40. The first-order valence-electron chi connectivity index (χ1n) is 5.31. The Balaban J connectivity index is 1.93. The van der Waals surface area contributed by atoms with Gasteiger partial charge in [0.15, 0.2) is 0 Å². The van der Waals surface area contributed by atoms with Crippen LogP contribution >= 0.6 is 0 Å². The zero-order chi connectivity index (χ0) is 10.7. The lowest BCUT2D eigenvalue weighted by atomic mass is 10.0. The summed E-state index contributed by atoms with van der Waals surface area (Å²) in [6.45, 7) is 3.23. The van der Waals surface area contributed by atoms with Gasteiger partial charge in [0.25, 0.3) is 0 Å². The van der Waals surface area contributed by atoms with Gasteiger partial charge < -0.3 is 5.32 Å². The SMILES string of the molecule is CCC1(CNc2ccnc(NN)n2)CC1. The zero-order valence-electron chi connectivity index (χ0n) is 8.95. The summed E-state index contributed by atoms with van der Waals surface area (Å²) in [4.78, 5) is 8.15. The fourth-order valence-electron chi connectivity index (χ4n) is 1.64. The second-order valence-corrected chi connectivity index (χ2v) is 4.12. The molecule has 0 spiro atoms. The van der Waals surface area contributed by atoms with Gasteiger partial charge in [-0.25, -0.2) is 10.8 Å². The Bertz CT molecular complexity index is 334. The molecule has 1 fully saturated rings. The van der Waals surface area contributed by atoms with Crippen LogP contribution in [0.3, 0.4) is 0 Å². The van der Waals surface area contributed by atoms with Crippen molar-refractivity contribution in [2.45, 2.75) is 26.2 Å². The van der Waals surface area contributed by atoms with Crippen molar-refractivity contribution in [1.82, 2.24) is 9.97 Å². The Morgan fingerprint density at radius 3 is 2.93 bits per heavy atom. The van der Waals surface area contributed by atoms with Crippen molar-refractivity contribution >= 4 is 11.8 Å². The molecule has 5 heteroatoms. The molecule has 0 aliphatic heterocycles. The summed E-state index contributed by atoms with van der Waals surface area (Å²) in [6.07, 6.45) is 5.57. The molecule has 0 unspecified atom stereocenters. The molecule has 4 N–H and O–H groups in total. The summed E-state index contributed by atoms with van der Waals surface area (Å²) in [6, 6.07) is 1.85. The lowest BCUT2D eigenvalue weighted by molar-refractivity contribution is 0.520. The van der Waals surface area contributed by atoms with Gasteiger partial charge in [-0.3, -0.25) is 5.43 Å². The first-order chi connectivity index (χ1) is 7.28. The first kappa shape index (κ1) is 10.2. The number of anilines is 2. The quantitative estimate of drug-likeness (QED) is 0.502. The fraction of sp³-hybridized carbons (Fsp3) is 0.600. The zero-order valence-corrected chi connectivity index (χ0v) is 8.95. The van der Waals surface area contributed by atoms with E-state index in [1.54, 1.807) is 6.20 Å². The molecular formula is C10H17N5. The molecule has 0 amide bonds. The fourth-order valence-corrected chi connectivity index (χ4v) is 1.64. The van der Waals surface area contributed by atoms with Crippen molar-refractivity contribution < 1.29 is 0 Å². The van der Waals surface area contributed by atoms with Gasteiger partial charge in [-0.1, -0.05) is 6.92 Å². The molecule has 1 aliphatic carbocycles. The standard InChI is InChI=1S/C10H17N5/c1-2-10(4-5-10)7-13-8-3-6-12-9(14-8)15-11/h3,6H,2,4-5,7,11H2,1H3,(H2,12,13,14,15). The van der Waals surface area contributed by atoms with Gasteiger partial charge >= 0.3 is 0 Å². The third kappa shape index (κ3) is 2.36. The van der Waals surface area contributed by atoms with Crippen LogP contribution in [-0.4, -0.2) is 16.5 Å². The Labute approximate surface area is 89.5 Å². The summed E-state index contributed by atoms with van der Waals surface area (Å²) in [7, 11) is 0. The van der Waals surface area contributed by atoms with Crippen LogP contribution in [0.25, 0.3) is 0 Å². The molecule has 0 saturated heterocycles. The van der Waals surface area contributed by atoms with E-state index >= 15 is 0 Å². The molecule has 0 aromatic carbocycles. The van der Waals surface area contributed by atoms with Crippen LogP contribution in [0.4, 0.5) is 11.8 Å². The largest absolute Gasteiger partial charge is 0.369 e. The van der Waals surface area contributed by atoms with Crippen LogP contribution < -0.4 is 16.6 Å². The summed E-state index contributed by atoms with van der Waals surface area (Å²) in [5.74, 6) is 6.51. The molecule has 1 aromatic heterocycles. The highest BCUT2D eigenvalue weighted by Crippen LogP contribution is 2.48. The van der Waals surface area contributed by atoms with Crippen molar-refractivity contribution in [1.29, 1.82) is 0 Å². The van der Waals surface area contributed by atoms with Crippen molar-refractivity contribution in [2.75, 3.05) is 17.3 Å². The van der Waals surface area contributed by atoms with E-state index in [-0.39, 0.29) is 0 Å². The third-order valence-electron chi connectivity index (χ3n) is 3.14. The second-order valence-electron chi connectivity index (χ2n) is 4.12. The maximum absolute atomic E-state index is 5.24. The van der Waals surface area contributed by atoms with E-state index in [4.69, 9.17) is 5.84 Å². The molecule has 0 radical (unpaired) electrons. The topological polar surface area (TPSA) is 75.9 Å². The number of aromatic nitrogens is 2. The highest BCUT2D eigenvalue weighted by atomic mass is 15.3. The summed E-state index contributed by atoms with van der Waals surface area (Å²) >= 11 is 0. The van der Waals surface area contributed by atoms with Gasteiger partial charge in [0.05, 0.1) is 0 Å². The van der Waals surface area contributed by atoms with E-state index in [0.29, 0.717) is 11.4 Å². The molecular weight excluding hydrogens is 190 g/mol. The number of nitrogens with one attached hydrogen (secondary N) is 2. The van der Waals surface area contributed by atoms with Crippen LogP contribution in [0.2, 0.25) is 0 Å². The smallest absolute Gasteiger partial charge is 0.239 e. The monoisotopic (exact) mass is 207 g/mol. The molecule has 5 nitrogen and oxygen atoms in total. The molecule has 0 bridgehead atoms. The van der Waals surface area contributed by atoms with Crippen LogP contribution in [0, 0.1) is 5.41 Å². The van der Waals surface area contributed by atoms with Crippen molar-refractivity contribution in [3.63, 3.8) is 0 Å². The lowest BCUT2D eigenvalue weighted by Crippen LogP contribution is -2.16. The van der Waals surface area contributed by atoms with Gasteiger partial charge in [-0.05, 0) is 30.7 Å². The van der Waals surface area contributed by atoms with Crippen LogP contribution in [0.1, 0.15) is 26.2 Å². The van der Waals surface area contributed by atoms with Gasteiger partial charge in [0.2, 0.25) is 5.95 Å². The number of hydrazine groups is 1. The van der Waals surface area contributed by atoms with Gasteiger partial charge in [0, 0.05) is 12.7 Å². The predicted molar refractivity (Wildman–Crippen MR) is 60.3 cm³/mol. The average Bonchev–Trinajstić information content (AvgIpc) is 3.07. The van der Waals surface area contributed by atoms with E-state index in [0.717, 1.165) is 12.4 Å². The number of hydrogen-bond donors (Lipinski definition) is 3. The minimum absolute atomic E-state index is 0.446. The Hall–Kier alpha value is -1.36. The number of nitrogen functional groups attached to an aromatic ring is 1. The molecule has 1 aromatic rings. The molecule has 82 valence electrons. The summed E-state index contributed by atoms with van der Waals surface area (Å²) < 4.78 is 0. The number of rotatable bonds is 5. The number of hydrogen-bond acceptors (Lipinski definition) is 5. The number of nitrogens with zero attached hydrogens (tertiary/aromatic N) is 2. The van der Waals surface area contributed by atoms with E-state index < -0.39 is 0 Å². The summed E-state index contributed by atoms with van der Waals surface area (Å²) in [5.41, 5.74) is 2.95. The first-order valence-corrected chi connectivity index (χ1v) is 5.31. The molecule has 1 heterocycles. The molecule has 0 atom stereocenters. The second kappa shape index (κ2) is 4.02. The third-order valence-corrected chi connectivity index (χ3v) is 3.14. The minimum atomic E-state index is 0.446. The Kier molecular flexibility index (Phi) is 2.73. The van der Waals surface area contributed by atoms with E-state index in [9.17, 15) is 0 Å². The Morgan fingerprint density at radius 1 is 1.53 bits per heavy atom. The molecule has 2 rings (SSSR count). The minimum Gasteiger partial charge on any atom is -0.369 e. The predicted octanol–water partition coefficient (Wildman–Crippen LogP) is 1.36. The van der Waals surface area contributed by atoms with Crippen LogP contribution in [-0.2, 0) is 0 Å². The number of nitrogens with two attached hydrogens (primary N) is 1. The van der Waals surface area contributed by atoms with Crippen molar-refractivity contribution in [3.8, 4) is 0 Å². The molecule has 1 saturated carbocycles. The van der Waals surface area contributed by atoms with Crippen molar-refractivity contribution in [2.24, 2.45) is 11.3 Å². The van der Waals surface area contributed by atoms with E-state index in [2.05, 4.69) is 27.6 Å². The highest BCUT2D eigenvalue weighted by molar-refractivity contribution is 5.39. The normalized spacial score (nSPS) is 17.2.